The maximum atomic E-state index is 12.9. The highest BCUT2D eigenvalue weighted by Gasteiger charge is 2.04. The number of hydrogen-bond acceptors (Lipinski definition) is 4. The number of benzene rings is 2. The number of methoxy groups -OCH3 is 1. The van der Waals surface area contributed by atoms with Gasteiger partial charge in [0.25, 0.3) is 5.91 Å². The van der Waals surface area contributed by atoms with Gasteiger partial charge < -0.3 is 14.8 Å². The first-order valence-electron chi connectivity index (χ1n) is 8.59. The Morgan fingerprint density at radius 3 is 2.57 bits per heavy atom. The van der Waals surface area contributed by atoms with Crippen LogP contribution in [-0.4, -0.2) is 24.7 Å². The van der Waals surface area contributed by atoms with E-state index in [1.54, 1.807) is 37.5 Å². The smallest absolute Gasteiger partial charge is 0.262 e. The van der Waals surface area contributed by atoms with Gasteiger partial charge in [-0.05, 0) is 60.6 Å². The number of hydrogen-bond donors (Lipinski definition) is 3. The zero-order valence-electron chi connectivity index (χ0n) is 15.6. The molecule has 0 heterocycles. The molecule has 148 valence electrons. The monoisotopic (exact) mass is 403 g/mol. The summed E-state index contributed by atoms with van der Waals surface area (Å²) in [6.07, 6.45) is 3.01. The van der Waals surface area contributed by atoms with Gasteiger partial charge in [0, 0.05) is 12.6 Å². The van der Waals surface area contributed by atoms with Gasteiger partial charge in [-0.2, -0.15) is 0 Å². The molecule has 0 spiro atoms. The third kappa shape index (κ3) is 6.88. The Hall–Kier alpha value is -3.13. The van der Waals surface area contributed by atoms with Gasteiger partial charge in [0.1, 0.15) is 5.82 Å². The van der Waals surface area contributed by atoms with Crippen LogP contribution < -0.4 is 25.6 Å². The fourth-order valence-corrected chi connectivity index (χ4v) is 2.35. The third-order valence-electron chi connectivity index (χ3n) is 3.58. The normalized spacial score (nSPS) is 10.4. The highest BCUT2D eigenvalue weighted by molar-refractivity contribution is 7.80. The van der Waals surface area contributed by atoms with Crippen LogP contribution in [0.2, 0.25) is 0 Å². The number of thiocarbonyl (C=S) groups is 1. The molecule has 0 aliphatic carbocycles. The topological polar surface area (TPSA) is 71.6 Å². The molecule has 28 heavy (non-hydrogen) atoms. The second-order valence-corrected chi connectivity index (χ2v) is 6.01. The summed E-state index contributed by atoms with van der Waals surface area (Å²) in [4.78, 5) is 11.9. The second kappa shape index (κ2) is 10.9. The van der Waals surface area contributed by atoms with E-state index >= 15 is 0 Å². The molecule has 2 aromatic carbocycles. The molecule has 0 unspecified atom stereocenters. The Kier molecular flexibility index (Phi) is 8.23. The fourth-order valence-electron chi connectivity index (χ4n) is 2.23. The summed E-state index contributed by atoms with van der Waals surface area (Å²) in [5.41, 5.74) is 6.72. The van der Waals surface area contributed by atoms with E-state index in [1.807, 2.05) is 13.0 Å². The second-order valence-electron chi connectivity index (χ2n) is 5.60. The van der Waals surface area contributed by atoms with E-state index in [2.05, 4.69) is 16.2 Å². The summed E-state index contributed by atoms with van der Waals surface area (Å²) >= 11 is 5.08. The first-order valence-corrected chi connectivity index (χ1v) is 8.99. The molecule has 0 aliphatic heterocycles. The van der Waals surface area contributed by atoms with Crippen molar-refractivity contribution < 1.29 is 18.7 Å². The lowest BCUT2D eigenvalue weighted by Gasteiger charge is -2.11. The molecule has 0 atom stereocenters. The average molecular weight is 403 g/mol. The molecule has 0 saturated heterocycles. The van der Waals surface area contributed by atoms with Crippen molar-refractivity contribution in [1.29, 1.82) is 0 Å². The van der Waals surface area contributed by atoms with E-state index in [9.17, 15) is 9.18 Å². The number of rotatable bonds is 7. The van der Waals surface area contributed by atoms with E-state index in [4.69, 9.17) is 21.7 Å². The number of nitrogens with one attached hydrogen (secondary N) is 3. The summed E-state index contributed by atoms with van der Waals surface area (Å²) in [5, 5.41) is 3.15. The molecule has 0 aliphatic rings. The highest BCUT2D eigenvalue weighted by Crippen LogP contribution is 2.28. The minimum absolute atomic E-state index is 0.245. The number of halogens is 1. The first-order chi connectivity index (χ1) is 13.5. The van der Waals surface area contributed by atoms with Gasteiger partial charge in [-0.25, -0.2) is 4.39 Å². The lowest BCUT2D eigenvalue weighted by Crippen LogP contribution is -2.45. The van der Waals surface area contributed by atoms with Crippen molar-refractivity contribution in [2.24, 2.45) is 0 Å². The Labute approximate surface area is 168 Å². The van der Waals surface area contributed by atoms with Crippen LogP contribution in [0.3, 0.4) is 0 Å². The van der Waals surface area contributed by atoms with Crippen molar-refractivity contribution in [3.63, 3.8) is 0 Å². The van der Waals surface area contributed by atoms with Crippen LogP contribution in [0.4, 0.5) is 4.39 Å². The van der Waals surface area contributed by atoms with Crippen molar-refractivity contribution in [1.82, 2.24) is 16.2 Å². The van der Waals surface area contributed by atoms with Crippen molar-refractivity contribution in [3.8, 4) is 11.5 Å². The minimum Gasteiger partial charge on any atom is -0.493 e. The lowest BCUT2D eigenvalue weighted by molar-refractivity contribution is -0.116. The molecule has 2 rings (SSSR count). The van der Waals surface area contributed by atoms with Gasteiger partial charge in [-0.3, -0.25) is 15.6 Å². The third-order valence-corrected chi connectivity index (χ3v) is 3.83. The van der Waals surface area contributed by atoms with Crippen LogP contribution in [0.5, 0.6) is 11.5 Å². The molecule has 1 amide bonds. The summed E-state index contributed by atoms with van der Waals surface area (Å²) in [5.74, 6) is 0.563. The number of hydrazine groups is 1. The van der Waals surface area contributed by atoms with Crippen LogP contribution in [0, 0.1) is 5.82 Å². The predicted molar refractivity (Wildman–Crippen MR) is 110 cm³/mol. The lowest BCUT2D eigenvalue weighted by atomic mass is 10.2. The fraction of sp³-hybridized carbons (Fsp3) is 0.200. The van der Waals surface area contributed by atoms with Gasteiger partial charge in [0.2, 0.25) is 0 Å². The number of carbonyl (C=O) groups excluding carboxylic acids is 1. The number of carbonyl (C=O) groups is 1. The van der Waals surface area contributed by atoms with E-state index < -0.39 is 0 Å². The van der Waals surface area contributed by atoms with Gasteiger partial charge in [-0.15, -0.1) is 0 Å². The van der Waals surface area contributed by atoms with E-state index in [1.165, 1.54) is 18.2 Å². The molecule has 0 saturated carbocycles. The maximum absolute atomic E-state index is 12.9. The molecule has 3 N–H and O–H groups in total. The summed E-state index contributed by atoms with van der Waals surface area (Å²) in [6.45, 7) is 2.80. The van der Waals surface area contributed by atoms with Crippen LogP contribution in [0.1, 0.15) is 18.1 Å². The molecule has 0 aromatic heterocycles. The van der Waals surface area contributed by atoms with Crippen LogP contribution in [0.15, 0.2) is 48.5 Å². The van der Waals surface area contributed by atoms with Crippen LogP contribution in [0.25, 0.3) is 6.08 Å². The summed E-state index contributed by atoms with van der Waals surface area (Å²) in [7, 11) is 1.57. The minimum atomic E-state index is -0.375. The molecule has 6 nitrogen and oxygen atoms in total. The zero-order valence-corrected chi connectivity index (χ0v) is 16.4. The summed E-state index contributed by atoms with van der Waals surface area (Å²) in [6, 6.07) is 11.4. The Morgan fingerprint density at radius 2 is 1.89 bits per heavy atom. The van der Waals surface area contributed by atoms with E-state index in [0.717, 1.165) is 11.1 Å². The molecular weight excluding hydrogens is 381 g/mol. The van der Waals surface area contributed by atoms with Crippen molar-refractivity contribution >= 4 is 29.3 Å². The summed E-state index contributed by atoms with van der Waals surface area (Å²) < 4.78 is 23.6. The van der Waals surface area contributed by atoms with Gasteiger partial charge >= 0.3 is 0 Å². The average Bonchev–Trinajstić information content (AvgIpc) is 2.70. The molecule has 0 radical (unpaired) electrons. The Morgan fingerprint density at radius 1 is 1.14 bits per heavy atom. The van der Waals surface area contributed by atoms with Crippen molar-refractivity contribution in [2.75, 3.05) is 13.7 Å². The van der Waals surface area contributed by atoms with E-state index in [0.29, 0.717) is 24.7 Å². The Balaban J connectivity index is 1.80. The standard InChI is InChI=1S/C20H22FN3O3S/c1-3-27-18-12-14(6-10-17(18)26-2)7-11-19(25)23-24-20(28)22-13-15-4-8-16(21)9-5-15/h4-12H,3,13H2,1-2H3,(H,23,25)(H2,22,24,28)/b11-7+. The molecule has 8 heteroatoms. The van der Waals surface area contributed by atoms with Crippen LogP contribution in [-0.2, 0) is 11.3 Å². The first kappa shape index (κ1) is 21.2. The highest BCUT2D eigenvalue weighted by atomic mass is 32.1. The van der Waals surface area contributed by atoms with Gasteiger partial charge in [0.05, 0.1) is 13.7 Å². The predicted octanol–water partition coefficient (Wildman–Crippen LogP) is 2.94. The van der Waals surface area contributed by atoms with Crippen LogP contribution >= 0.6 is 12.2 Å². The number of ether oxygens (including phenoxy) is 2. The molecule has 2 aromatic rings. The molecule has 0 fully saturated rings. The van der Waals surface area contributed by atoms with Gasteiger partial charge in [-0.1, -0.05) is 18.2 Å². The molecule has 0 bridgehead atoms. The van der Waals surface area contributed by atoms with Crippen molar-refractivity contribution in [2.45, 2.75) is 13.5 Å². The quantitative estimate of drug-likeness (QED) is 0.375. The maximum Gasteiger partial charge on any atom is 0.262 e. The van der Waals surface area contributed by atoms with Gasteiger partial charge in [0.15, 0.2) is 16.6 Å². The van der Waals surface area contributed by atoms with E-state index in [-0.39, 0.29) is 16.8 Å². The SMILES string of the molecule is CCOc1cc(/C=C/C(=O)NNC(=S)NCc2ccc(F)cc2)ccc1OC. The zero-order chi connectivity index (χ0) is 20.4. The van der Waals surface area contributed by atoms with Crippen molar-refractivity contribution in [3.05, 3.63) is 65.5 Å². The Bertz CT molecular complexity index is 841. The number of amides is 1. The molecular formula is C20H22FN3O3S. The largest absolute Gasteiger partial charge is 0.493 e.